The Kier molecular flexibility index (Phi) is 5.52. The first-order chi connectivity index (χ1) is 16.6. The summed E-state index contributed by atoms with van der Waals surface area (Å²) in [5, 5.41) is 18.6. The van der Waals surface area contributed by atoms with Gasteiger partial charge in [-0.1, -0.05) is 17.3 Å². The summed E-state index contributed by atoms with van der Waals surface area (Å²) in [5.41, 5.74) is 4.21. The first-order valence-corrected chi connectivity index (χ1v) is 11.5. The number of hydrogen-bond acceptors (Lipinski definition) is 7. The van der Waals surface area contributed by atoms with Gasteiger partial charge >= 0.3 is 6.18 Å². The smallest absolute Gasteiger partial charge is 0.423 e. The number of carbonyl (C=O) groups excluding carboxylic acids is 1. The van der Waals surface area contributed by atoms with Crippen molar-refractivity contribution in [1.29, 1.82) is 0 Å². The topological polar surface area (TPSA) is 116 Å². The van der Waals surface area contributed by atoms with Gasteiger partial charge in [0.15, 0.2) is 0 Å². The van der Waals surface area contributed by atoms with Crippen LogP contribution in [0.25, 0.3) is 21.2 Å². The second-order valence-electron chi connectivity index (χ2n) is 8.43. The normalized spacial score (nSPS) is 15.8. The van der Waals surface area contributed by atoms with Crippen LogP contribution in [0.5, 0.6) is 5.88 Å². The number of alkyl halides is 3. The molecule has 3 heterocycles. The standard InChI is InChI=1S/C23H20F3N5O3S/c1-34-18-7-3-13(9-28-18)19-15-6-2-12(8-16(15)35-20(19)21(27)32)10-31-11-17(29-30-31)22(33,14-4-5-14)23(24,25)26/h2-3,6-9,11,14,33H,4-5,10H2,1H3,(H2,27,32). The van der Waals surface area contributed by atoms with E-state index >= 15 is 0 Å². The van der Waals surface area contributed by atoms with E-state index in [1.54, 1.807) is 24.4 Å². The van der Waals surface area contributed by atoms with Gasteiger partial charge in [0.2, 0.25) is 11.5 Å². The molecule has 35 heavy (non-hydrogen) atoms. The number of amides is 1. The predicted molar refractivity (Wildman–Crippen MR) is 122 cm³/mol. The molecule has 8 nitrogen and oxygen atoms in total. The Morgan fingerprint density at radius 3 is 2.66 bits per heavy atom. The molecule has 182 valence electrons. The summed E-state index contributed by atoms with van der Waals surface area (Å²) < 4.78 is 47.9. The van der Waals surface area contributed by atoms with Gasteiger partial charge in [-0.2, -0.15) is 13.2 Å². The highest BCUT2D eigenvalue weighted by Crippen LogP contribution is 2.53. The van der Waals surface area contributed by atoms with Gasteiger partial charge in [-0.15, -0.1) is 16.4 Å². The molecule has 1 atom stereocenters. The molecule has 3 aromatic heterocycles. The first kappa shape index (κ1) is 23.2. The molecule has 1 amide bonds. The highest BCUT2D eigenvalue weighted by molar-refractivity contribution is 7.21. The summed E-state index contributed by atoms with van der Waals surface area (Å²) in [6.07, 6.45) is -1.55. The Labute approximate surface area is 201 Å². The Balaban J connectivity index is 1.48. The highest BCUT2D eigenvalue weighted by atomic mass is 32.1. The van der Waals surface area contributed by atoms with E-state index in [9.17, 15) is 23.1 Å². The zero-order valence-electron chi connectivity index (χ0n) is 18.4. The number of carbonyl (C=O) groups is 1. The molecule has 1 fully saturated rings. The summed E-state index contributed by atoms with van der Waals surface area (Å²) in [4.78, 5) is 16.7. The summed E-state index contributed by atoms with van der Waals surface area (Å²) in [7, 11) is 1.51. The third-order valence-electron chi connectivity index (χ3n) is 6.09. The molecule has 0 bridgehead atoms. The van der Waals surface area contributed by atoms with Crippen LogP contribution in [0.4, 0.5) is 13.2 Å². The number of primary amides is 1. The lowest BCUT2D eigenvalue weighted by Crippen LogP contribution is -2.44. The van der Waals surface area contributed by atoms with E-state index in [-0.39, 0.29) is 19.4 Å². The number of pyridine rings is 1. The van der Waals surface area contributed by atoms with Crippen LogP contribution >= 0.6 is 11.3 Å². The lowest BCUT2D eigenvalue weighted by Gasteiger charge is -2.28. The lowest BCUT2D eigenvalue weighted by molar-refractivity contribution is -0.277. The number of halogens is 3. The summed E-state index contributed by atoms with van der Waals surface area (Å²) in [6.45, 7) is 0.130. The van der Waals surface area contributed by atoms with E-state index in [0.29, 0.717) is 21.9 Å². The number of hydrogen-bond donors (Lipinski definition) is 2. The maximum Gasteiger partial charge on any atom is 0.423 e. The maximum absolute atomic E-state index is 13.6. The molecule has 3 N–H and O–H groups in total. The van der Waals surface area contributed by atoms with Crippen molar-refractivity contribution in [3.63, 3.8) is 0 Å². The van der Waals surface area contributed by atoms with Crippen molar-refractivity contribution in [2.24, 2.45) is 11.7 Å². The van der Waals surface area contributed by atoms with Crippen molar-refractivity contribution < 1.29 is 27.8 Å². The van der Waals surface area contributed by atoms with E-state index in [0.717, 1.165) is 21.8 Å². The zero-order chi connectivity index (χ0) is 25.0. The monoisotopic (exact) mass is 503 g/mol. The number of thiophene rings is 1. The fraction of sp³-hybridized carbons (Fsp3) is 0.304. The van der Waals surface area contributed by atoms with Gasteiger partial charge in [0.05, 0.1) is 19.9 Å². The second-order valence-corrected chi connectivity index (χ2v) is 9.48. The van der Waals surface area contributed by atoms with Crippen LogP contribution in [0.15, 0.2) is 42.7 Å². The zero-order valence-corrected chi connectivity index (χ0v) is 19.2. The van der Waals surface area contributed by atoms with Crippen LogP contribution in [-0.4, -0.2) is 44.3 Å². The molecular formula is C23H20F3N5O3S. The molecule has 1 aliphatic rings. The highest BCUT2D eigenvalue weighted by Gasteiger charge is 2.64. The summed E-state index contributed by atoms with van der Waals surface area (Å²) in [5.74, 6) is -1.05. The van der Waals surface area contributed by atoms with Gasteiger partial charge in [0.1, 0.15) is 10.6 Å². The molecule has 0 radical (unpaired) electrons. The number of aliphatic hydroxyl groups is 1. The van der Waals surface area contributed by atoms with Gasteiger partial charge in [-0.05, 0) is 30.5 Å². The number of nitrogens with zero attached hydrogens (tertiary/aromatic N) is 4. The minimum atomic E-state index is -4.84. The second kappa shape index (κ2) is 8.31. The molecule has 5 rings (SSSR count). The van der Waals surface area contributed by atoms with Crippen LogP contribution in [0.1, 0.15) is 33.8 Å². The van der Waals surface area contributed by atoms with Gasteiger partial charge < -0.3 is 15.6 Å². The van der Waals surface area contributed by atoms with Gasteiger partial charge in [0, 0.05) is 39.4 Å². The lowest BCUT2D eigenvalue weighted by atomic mass is 9.93. The van der Waals surface area contributed by atoms with E-state index in [2.05, 4.69) is 15.3 Å². The summed E-state index contributed by atoms with van der Waals surface area (Å²) in [6, 6.07) is 8.90. The van der Waals surface area contributed by atoms with Crippen LogP contribution < -0.4 is 10.5 Å². The number of nitrogens with two attached hydrogens (primary N) is 1. The van der Waals surface area contributed by atoms with Gasteiger partial charge in [-0.25, -0.2) is 9.67 Å². The minimum Gasteiger partial charge on any atom is -0.481 e. The van der Waals surface area contributed by atoms with E-state index in [1.807, 2.05) is 12.1 Å². The average molecular weight is 504 g/mol. The largest absolute Gasteiger partial charge is 0.481 e. The third-order valence-corrected chi connectivity index (χ3v) is 7.25. The number of aromatic nitrogens is 4. The van der Waals surface area contributed by atoms with Crippen LogP contribution in [-0.2, 0) is 12.1 Å². The molecule has 0 saturated heterocycles. The molecule has 1 aromatic carbocycles. The molecule has 0 spiro atoms. The van der Waals surface area contributed by atoms with Crippen LogP contribution in [0.3, 0.4) is 0 Å². The molecule has 0 aliphatic heterocycles. The van der Waals surface area contributed by atoms with Crippen LogP contribution in [0, 0.1) is 5.92 Å². The van der Waals surface area contributed by atoms with E-state index in [1.165, 1.54) is 23.1 Å². The Morgan fingerprint density at radius 1 is 1.29 bits per heavy atom. The molecule has 1 unspecified atom stereocenters. The van der Waals surface area contributed by atoms with Crippen molar-refractivity contribution in [2.45, 2.75) is 31.2 Å². The molecule has 4 aromatic rings. The van der Waals surface area contributed by atoms with Crippen molar-refractivity contribution in [3.8, 4) is 17.0 Å². The van der Waals surface area contributed by atoms with Crippen molar-refractivity contribution in [1.82, 2.24) is 20.0 Å². The van der Waals surface area contributed by atoms with Crippen LogP contribution in [0.2, 0.25) is 0 Å². The number of ether oxygens (including phenoxy) is 1. The summed E-state index contributed by atoms with van der Waals surface area (Å²) >= 11 is 1.22. The van der Waals surface area contributed by atoms with E-state index < -0.39 is 29.3 Å². The fourth-order valence-electron chi connectivity index (χ4n) is 4.17. The molecule has 1 saturated carbocycles. The molecule has 1 aliphatic carbocycles. The van der Waals surface area contributed by atoms with Crippen molar-refractivity contribution in [2.75, 3.05) is 7.11 Å². The molecular weight excluding hydrogens is 483 g/mol. The maximum atomic E-state index is 13.6. The first-order valence-electron chi connectivity index (χ1n) is 10.7. The predicted octanol–water partition coefficient (Wildman–Crippen LogP) is 3.87. The number of rotatable bonds is 7. The van der Waals surface area contributed by atoms with Crippen molar-refractivity contribution >= 4 is 27.3 Å². The third kappa shape index (κ3) is 4.02. The van der Waals surface area contributed by atoms with Gasteiger partial charge in [0.25, 0.3) is 5.91 Å². The number of fused-ring (bicyclic) bond motifs is 1. The average Bonchev–Trinajstić information content (AvgIpc) is 3.46. The number of methoxy groups -OCH3 is 1. The van der Waals surface area contributed by atoms with E-state index in [4.69, 9.17) is 10.5 Å². The Morgan fingerprint density at radius 2 is 2.06 bits per heavy atom. The minimum absolute atomic E-state index is 0.130. The van der Waals surface area contributed by atoms with Gasteiger partial charge in [-0.3, -0.25) is 4.79 Å². The fourth-order valence-corrected chi connectivity index (χ4v) is 5.31. The SMILES string of the molecule is COc1ccc(-c2c(C(N)=O)sc3cc(Cn4cc(C(O)(C5CC5)C(F)(F)F)nn4)ccc23)cn1. The Bertz CT molecular complexity index is 1410. The Hall–Kier alpha value is -3.51. The quantitative estimate of drug-likeness (QED) is 0.396. The number of benzene rings is 1. The molecule has 12 heteroatoms. The van der Waals surface area contributed by atoms with Crippen molar-refractivity contribution in [3.05, 3.63) is 58.9 Å².